The number of hydrogen-bond acceptors (Lipinski definition) is 2. The Morgan fingerprint density at radius 1 is 1.36 bits per heavy atom. The van der Waals surface area contributed by atoms with E-state index in [1.807, 2.05) is 0 Å². The maximum Gasteiger partial charge on any atom is 0.0580 e. The van der Waals surface area contributed by atoms with Gasteiger partial charge in [-0.1, -0.05) is 20.3 Å². The van der Waals surface area contributed by atoms with Gasteiger partial charge in [0.15, 0.2) is 0 Å². The molecule has 0 aliphatic heterocycles. The SMILES string of the molecule is CCCCOC(CC)CCS. The first-order chi connectivity index (χ1) is 5.35. The van der Waals surface area contributed by atoms with Crippen molar-refractivity contribution < 1.29 is 4.74 Å². The highest BCUT2D eigenvalue weighted by atomic mass is 32.1. The van der Waals surface area contributed by atoms with Gasteiger partial charge in [0.1, 0.15) is 0 Å². The molecule has 0 aliphatic carbocycles. The zero-order valence-corrected chi connectivity index (χ0v) is 8.57. The van der Waals surface area contributed by atoms with Crippen LogP contribution in [0.4, 0.5) is 0 Å². The van der Waals surface area contributed by atoms with Gasteiger partial charge in [-0.25, -0.2) is 0 Å². The summed E-state index contributed by atoms with van der Waals surface area (Å²) in [5.41, 5.74) is 0. The van der Waals surface area contributed by atoms with Crippen molar-refractivity contribution in [2.75, 3.05) is 12.4 Å². The summed E-state index contributed by atoms with van der Waals surface area (Å²) in [5.74, 6) is 0.935. The van der Waals surface area contributed by atoms with E-state index >= 15 is 0 Å². The number of thiol groups is 1. The molecule has 0 fully saturated rings. The fraction of sp³-hybridized carbons (Fsp3) is 1.00. The highest BCUT2D eigenvalue weighted by Gasteiger charge is 2.03. The van der Waals surface area contributed by atoms with Gasteiger partial charge >= 0.3 is 0 Å². The molecule has 0 spiro atoms. The van der Waals surface area contributed by atoms with E-state index in [2.05, 4.69) is 26.5 Å². The molecule has 0 aromatic rings. The zero-order chi connectivity index (χ0) is 8.53. The molecule has 1 atom stereocenters. The van der Waals surface area contributed by atoms with Crippen LogP contribution in [-0.2, 0) is 4.74 Å². The van der Waals surface area contributed by atoms with Crippen LogP contribution in [0, 0.1) is 0 Å². The first kappa shape index (κ1) is 11.3. The molecule has 0 bridgehead atoms. The molecule has 0 saturated carbocycles. The van der Waals surface area contributed by atoms with E-state index in [9.17, 15) is 0 Å². The Bertz CT molecular complexity index is 76.0. The third-order valence-electron chi connectivity index (χ3n) is 1.76. The molecule has 0 amide bonds. The molecule has 0 saturated heterocycles. The minimum atomic E-state index is 0.444. The smallest absolute Gasteiger partial charge is 0.0580 e. The first-order valence-corrected chi connectivity index (χ1v) is 5.20. The van der Waals surface area contributed by atoms with E-state index in [1.54, 1.807) is 0 Å². The number of ether oxygens (including phenoxy) is 1. The highest BCUT2D eigenvalue weighted by molar-refractivity contribution is 7.80. The van der Waals surface area contributed by atoms with Crippen LogP contribution in [0.25, 0.3) is 0 Å². The molecular formula is C9H20OS. The van der Waals surface area contributed by atoms with Crippen LogP contribution >= 0.6 is 12.6 Å². The van der Waals surface area contributed by atoms with Crippen molar-refractivity contribution >= 4 is 12.6 Å². The van der Waals surface area contributed by atoms with Crippen molar-refractivity contribution in [2.24, 2.45) is 0 Å². The van der Waals surface area contributed by atoms with Crippen molar-refractivity contribution in [3.05, 3.63) is 0 Å². The summed E-state index contributed by atoms with van der Waals surface area (Å²) in [7, 11) is 0. The van der Waals surface area contributed by atoms with E-state index in [4.69, 9.17) is 4.74 Å². The van der Waals surface area contributed by atoms with E-state index in [1.165, 1.54) is 12.8 Å². The Labute approximate surface area is 75.9 Å². The zero-order valence-electron chi connectivity index (χ0n) is 7.68. The molecule has 0 aliphatic rings. The lowest BCUT2D eigenvalue weighted by atomic mass is 10.2. The van der Waals surface area contributed by atoms with Gasteiger partial charge < -0.3 is 4.74 Å². The van der Waals surface area contributed by atoms with E-state index in [0.29, 0.717) is 6.10 Å². The molecule has 0 rings (SSSR count). The van der Waals surface area contributed by atoms with Crippen LogP contribution in [-0.4, -0.2) is 18.5 Å². The maximum atomic E-state index is 5.62. The van der Waals surface area contributed by atoms with E-state index < -0.39 is 0 Å². The summed E-state index contributed by atoms with van der Waals surface area (Å²) in [6.07, 6.45) is 5.05. The Balaban J connectivity index is 3.20. The van der Waals surface area contributed by atoms with Crippen molar-refractivity contribution in [1.82, 2.24) is 0 Å². The van der Waals surface area contributed by atoms with Crippen LogP contribution < -0.4 is 0 Å². The fourth-order valence-electron chi connectivity index (χ4n) is 0.944. The number of unbranched alkanes of at least 4 members (excludes halogenated alkanes) is 1. The molecule has 1 nitrogen and oxygen atoms in total. The average Bonchev–Trinajstić information content (AvgIpc) is 2.03. The van der Waals surface area contributed by atoms with Crippen molar-refractivity contribution in [3.63, 3.8) is 0 Å². The van der Waals surface area contributed by atoms with Crippen LogP contribution in [0.1, 0.15) is 39.5 Å². The van der Waals surface area contributed by atoms with Gasteiger partial charge in [0.2, 0.25) is 0 Å². The molecule has 0 radical (unpaired) electrons. The largest absolute Gasteiger partial charge is 0.378 e. The summed E-state index contributed by atoms with van der Waals surface area (Å²) >= 11 is 4.18. The van der Waals surface area contributed by atoms with Crippen LogP contribution in [0.5, 0.6) is 0 Å². The summed E-state index contributed by atoms with van der Waals surface area (Å²) < 4.78 is 5.62. The van der Waals surface area contributed by atoms with E-state index in [0.717, 1.165) is 25.2 Å². The fourth-order valence-corrected chi connectivity index (χ4v) is 1.23. The van der Waals surface area contributed by atoms with Gasteiger partial charge in [-0.2, -0.15) is 12.6 Å². The summed E-state index contributed by atoms with van der Waals surface area (Å²) in [4.78, 5) is 0. The summed E-state index contributed by atoms with van der Waals surface area (Å²) in [6, 6.07) is 0. The van der Waals surface area contributed by atoms with Crippen LogP contribution in [0.15, 0.2) is 0 Å². The predicted molar refractivity (Wildman–Crippen MR) is 53.4 cm³/mol. The lowest BCUT2D eigenvalue weighted by Crippen LogP contribution is -2.13. The second kappa shape index (κ2) is 8.41. The standard InChI is InChI=1S/C9H20OS/c1-3-5-7-10-9(4-2)6-8-11/h9,11H,3-8H2,1-2H3. The summed E-state index contributed by atoms with van der Waals surface area (Å²) in [5, 5.41) is 0. The first-order valence-electron chi connectivity index (χ1n) is 4.57. The molecule has 0 heterocycles. The van der Waals surface area contributed by atoms with Crippen molar-refractivity contribution in [2.45, 2.75) is 45.6 Å². The Morgan fingerprint density at radius 3 is 2.55 bits per heavy atom. The Hall–Kier alpha value is 0.310. The Morgan fingerprint density at radius 2 is 2.09 bits per heavy atom. The average molecular weight is 176 g/mol. The molecule has 0 N–H and O–H groups in total. The van der Waals surface area contributed by atoms with Crippen LogP contribution in [0.3, 0.4) is 0 Å². The molecule has 11 heavy (non-hydrogen) atoms. The predicted octanol–water partition coefficient (Wildman–Crippen LogP) is 2.90. The second-order valence-electron chi connectivity index (χ2n) is 2.77. The molecule has 68 valence electrons. The minimum absolute atomic E-state index is 0.444. The third kappa shape index (κ3) is 6.70. The van der Waals surface area contributed by atoms with Crippen molar-refractivity contribution in [1.29, 1.82) is 0 Å². The van der Waals surface area contributed by atoms with Gasteiger partial charge in [-0.3, -0.25) is 0 Å². The Kier molecular flexibility index (Phi) is 8.64. The normalized spacial score (nSPS) is 13.4. The lowest BCUT2D eigenvalue weighted by Gasteiger charge is -2.14. The summed E-state index contributed by atoms with van der Waals surface area (Å²) in [6.45, 7) is 5.27. The quantitative estimate of drug-likeness (QED) is 0.463. The maximum absolute atomic E-state index is 5.62. The highest BCUT2D eigenvalue weighted by Crippen LogP contribution is 2.05. The molecule has 1 unspecified atom stereocenters. The van der Waals surface area contributed by atoms with Crippen molar-refractivity contribution in [3.8, 4) is 0 Å². The lowest BCUT2D eigenvalue weighted by molar-refractivity contribution is 0.0473. The third-order valence-corrected chi connectivity index (χ3v) is 2.02. The van der Waals surface area contributed by atoms with Gasteiger partial charge in [0.25, 0.3) is 0 Å². The number of hydrogen-bond donors (Lipinski definition) is 1. The van der Waals surface area contributed by atoms with Gasteiger partial charge in [0, 0.05) is 6.61 Å². The molecular weight excluding hydrogens is 156 g/mol. The van der Waals surface area contributed by atoms with Gasteiger partial charge in [-0.15, -0.1) is 0 Å². The van der Waals surface area contributed by atoms with Gasteiger partial charge in [-0.05, 0) is 25.0 Å². The van der Waals surface area contributed by atoms with E-state index in [-0.39, 0.29) is 0 Å². The monoisotopic (exact) mass is 176 g/mol. The van der Waals surface area contributed by atoms with Gasteiger partial charge in [0.05, 0.1) is 6.10 Å². The number of rotatable bonds is 7. The molecule has 0 aromatic heterocycles. The molecule has 2 heteroatoms. The topological polar surface area (TPSA) is 9.23 Å². The van der Waals surface area contributed by atoms with Crippen LogP contribution in [0.2, 0.25) is 0 Å². The second-order valence-corrected chi connectivity index (χ2v) is 3.21. The molecule has 0 aromatic carbocycles. The minimum Gasteiger partial charge on any atom is -0.378 e.